The zero-order chi connectivity index (χ0) is 17.0. The summed E-state index contributed by atoms with van der Waals surface area (Å²) in [6.45, 7) is 7.81. The number of benzene rings is 1. The minimum atomic E-state index is -1.10. The quantitative estimate of drug-likeness (QED) is 0.335. The molecule has 1 aromatic heterocycles. The average molecular weight is 335 g/mol. The maximum Gasteiger partial charge on any atom is 0.338 e. The molecule has 0 radical (unpaired) electrons. The molecule has 5 nitrogen and oxygen atoms in total. The summed E-state index contributed by atoms with van der Waals surface area (Å²) in [7, 11) is 2.20. The molecule has 0 bridgehead atoms. The fourth-order valence-corrected chi connectivity index (χ4v) is 2.99. The van der Waals surface area contributed by atoms with Crippen molar-refractivity contribution in [2.24, 2.45) is 7.05 Å². The number of hydrogen-bond donors (Lipinski definition) is 0. The second-order valence-electron chi connectivity index (χ2n) is 6.81. The standard InChI is InChI=1S/C17H25NO4Si/c1-18-7-6-14-15(18)10-13(17(19)20-2)11-16(14)22-12-21-8-9-23(3,4)5/h6-7,10-11H,8-9,12H2,1-5H3. The Kier molecular flexibility index (Phi) is 5.49. The lowest BCUT2D eigenvalue weighted by Crippen LogP contribution is -2.22. The van der Waals surface area contributed by atoms with Crippen molar-refractivity contribution in [2.45, 2.75) is 25.7 Å². The molecule has 0 unspecified atom stereocenters. The second-order valence-corrected chi connectivity index (χ2v) is 12.4. The molecule has 0 saturated carbocycles. The van der Waals surface area contributed by atoms with Crippen molar-refractivity contribution in [3.63, 3.8) is 0 Å². The highest BCUT2D eigenvalue weighted by molar-refractivity contribution is 6.76. The molecule has 0 atom stereocenters. The highest BCUT2D eigenvalue weighted by Gasteiger charge is 2.14. The van der Waals surface area contributed by atoms with Gasteiger partial charge in [0.2, 0.25) is 0 Å². The lowest BCUT2D eigenvalue weighted by molar-refractivity contribution is 0.0228. The fraction of sp³-hybridized carbons (Fsp3) is 0.471. The SMILES string of the molecule is COC(=O)c1cc(OCOCC[Si](C)(C)C)c2ccn(C)c2c1. The number of methoxy groups -OCH3 is 1. The average Bonchev–Trinajstić information content (AvgIpc) is 2.86. The van der Waals surface area contributed by atoms with Crippen molar-refractivity contribution in [3.05, 3.63) is 30.0 Å². The van der Waals surface area contributed by atoms with Crippen molar-refractivity contribution in [3.8, 4) is 5.75 Å². The van der Waals surface area contributed by atoms with Gasteiger partial charge in [0.1, 0.15) is 5.75 Å². The predicted octanol–water partition coefficient (Wildman–Crippen LogP) is 3.66. The molecule has 2 rings (SSSR count). The third-order valence-corrected chi connectivity index (χ3v) is 5.38. The maximum absolute atomic E-state index is 11.8. The fourth-order valence-electron chi connectivity index (χ4n) is 2.24. The first-order valence-electron chi connectivity index (χ1n) is 7.70. The van der Waals surface area contributed by atoms with Crippen molar-refractivity contribution >= 4 is 24.9 Å². The summed E-state index contributed by atoms with van der Waals surface area (Å²) in [5, 5.41) is 0.953. The number of nitrogens with zero attached hydrogens (tertiary/aromatic N) is 1. The topological polar surface area (TPSA) is 49.7 Å². The Morgan fingerprint density at radius 2 is 2.00 bits per heavy atom. The van der Waals surface area contributed by atoms with E-state index in [1.807, 2.05) is 23.9 Å². The number of esters is 1. The van der Waals surface area contributed by atoms with Crippen molar-refractivity contribution < 1.29 is 19.0 Å². The third-order valence-electron chi connectivity index (χ3n) is 3.68. The minimum absolute atomic E-state index is 0.180. The molecule has 6 heteroatoms. The van der Waals surface area contributed by atoms with Crippen LogP contribution in [0.1, 0.15) is 10.4 Å². The molecule has 0 aliphatic rings. The highest BCUT2D eigenvalue weighted by atomic mass is 28.3. The van der Waals surface area contributed by atoms with E-state index in [1.54, 1.807) is 12.1 Å². The van der Waals surface area contributed by atoms with E-state index in [-0.39, 0.29) is 12.8 Å². The van der Waals surface area contributed by atoms with E-state index in [0.717, 1.165) is 16.9 Å². The molecule has 1 heterocycles. The molecule has 0 N–H and O–H groups in total. The van der Waals surface area contributed by atoms with Gasteiger partial charge in [-0.05, 0) is 24.2 Å². The van der Waals surface area contributed by atoms with Crippen LogP contribution in [0.3, 0.4) is 0 Å². The van der Waals surface area contributed by atoms with Gasteiger partial charge in [0.05, 0.1) is 18.2 Å². The van der Waals surface area contributed by atoms with Crippen LogP contribution in [0.2, 0.25) is 25.7 Å². The van der Waals surface area contributed by atoms with Crippen LogP contribution in [0.4, 0.5) is 0 Å². The van der Waals surface area contributed by atoms with Crippen LogP contribution < -0.4 is 4.74 Å². The van der Waals surface area contributed by atoms with Gasteiger partial charge in [-0.3, -0.25) is 0 Å². The molecular formula is C17H25NO4Si. The molecule has 126 valence electrons. The number of fused-ring (bicyclic) bond motifs is 1. The molecule has 1 aromatic carbocycles. The monoisotopic (exact) mass is 335 g/mol. The van der Waals surface area contributed by atoms with E-state index in [2.05, 4.69) is 19.6 Å². The van der Waals surface area contributed by atoms with Gasteiger partial charge < -0.3 is 18.8 Å². The summed E-state index contributed by atoms with van der Waals surface area (Å²) in [6.07, 6.45) is 1.94. The summed E-state index contributed by atoms with van der Waals surface area (Å²) in [6, 6.07) is 6.57. The van der Waals surface area contributed by atoms with E-state index in [9.17, 15) is 4.79 Å². The Balaban J connectivity index is 2.11. The number of aryl methyl sites for hydroxylation is 1. The van der Waals surface area contributed by atoms with E-state index in [4.69, 9.17) is 14.2 Å². The van der Waals surface area contributed by atoms with Gasteiger partial charge in [0, 0.05) is 33.3 Å². The van der Waals surface area contributed by atoms with Gasteiger partial charge in [-0.15, -0.1) is 0 Å². The Morgan fingerprint density at radius 3 is 2.65 bits per heavy atom. The van der Waals surface area contributed by atoms with Gasteiger partial charge in [-0.25, -0.2) is 4.79 Å². The molecule has 23 heavy (non-hydrogen) atoms. The van der Waals surface area contributed by atoms with Crippen molar-refractivity contribution in [2.75, 3.05) is 20.5 Å². The Hall–Kier alpha value is -1.79. The first-order valence-corrected chi connectivity index (χ1v) is 11.4. The molecule has 0 spiro atoms. The second kappa shape index (κ2) is 7.19. The first-order chi connectivity index (χ1) is 10.8. The normalized spacial score (nSPS) is 11.7. The number of carbonyl (C=O) groups excluding carboxylic acids is 1. The molecule has 0 amide bonds. The molecule has 0 aliphatic heterocycles. The van der Waals surface area contributed by atoms with Crippen LogP contribution in [0, 0.1) is 0 Å². The summed E-state index contributed by atoms with van der Waals surface area (Å²) >= 11 is 0. The maximum atomic E-state index is 11.8. The molecule has 2 aromatic rings. The lowest BCUT2D eigenvalue weighted by Gasteiger charge is -2.16. The van der Waals surface area contributed by atoms with E-state index in [0.29, 0.717) is 17.9 Å². The van der Waals surface area contributed by atoms with Crippen molar-refractivity contribution in [1.82, 2.24) is 4.57 Å². The number of carbonyl (C=O) groups is 1. The minimum Gasteiger partial charge on any atom is -0.467 e. The van der Waals surface area contributed by atoms with E-state index >= 15 is 0 Å². The van der Waals surface area contributed by atoms with Gasteiger partial charge in [0.25, 0.3) is 0 Å². The third kappa shape index (κ3) is 4.59. The predicted molar refractivity (Wildman–Crippen MR) is 93.9 cm³/mol. The molecule has 0 fully saturated rings. The first kappa shape index (κ1) is 17.6. The summed E-state index contributed by atoms with van der Waals surface area (Å²) in [5.41, 5.74) is 1.39. The highest BCUT2D eigenvalue weighted by Crippen LogP contribution is 2.28. The van der Waals surface area contributed by atoms with Crippen molar-refractivity contribution in [1.29, 1.82) is 0 Å². The zero-order valence-electron chi connectivity index (χ0n) is 14.5. The summed E-state index contributed by atoms with van der Waals surface area (Å²) in [4.78, 5) is 11.8. The Bertz CT molecular complexity index is 688. The van der Waals surface area contributed by atoms with E-state index in [1.165, 1.54) is 7.11 Å². The summed E-state index contributed by atoms with van der Waals surface area (Å²) < 4.78 is 18.1. The van der Waals surface area contributed by atoms with Gasteiger partial charge in [-0.1, -0.05) is 19.6 Å². The van der Waals surface area contributed by atoms with Gasteiger partial charge in [0.15, 0.2) is 6.79 Å². The van der Waals surface area contributed by atoms with E-state index < -0.39 is 8.07 Å². The number of ether oxygens (including phenoxy) is 3. The number of rotatable bonds is 7. The van der Waals surface area contributed by atoms with Crippen LogP contribution in [-0.2, 0) is 16.5 Å². The number of hydrogen-bond acceptors (Lipinski definition) is 4. The molecular weight excluding hydrogens is 310 g/mol. The lowest BCUT2D eigenvalue weighted by atomic mass is 10.1. The van der Waals surface area contributed by atoms with Crippen LogP contribution in [0.5, 0.6) is 5.75 Å². The van der Waals surface area contributed by atoms with Gasteiger partial charge in [-0.2, -0.15) is 0 Å². The van der Waals surface area contributed by atoms with Crippen LogP contribution in [-0.4, -0.2) is 39.1 Å². The smallest absolute Gasteiger partial charge is 0.338 e. The van der Waals surface area contributed by atoms with Gasteiger partial charge >= 0.3 is 5.97 Å². The number of aromatic nitrogens is 1. The van der Waals surface area contributed by atoms with Crippen LogP contribution in [0.25, 0.3) is 10.9 Å². The zero-order valence-corrected chi connectivity index (χ0v) is 15.5. The molecule has 0 aliphatic carbocycles. The Labute approximate surface area is 138 Å². The van der Waals surface area contributed by atoms with Crippen LogP contribution >= 0.6 is 0 Å². The Morgan fingerprint density at radius 1 is 1.26 bits per heavy atom. The molecule has 0 saturated heterocycles. The summed E-state index contributed by atoms with van der Waals surface area (Å²) in [5.74, 6) is 0.258. The largest absolute Gasteiger partial charge is 0.467 e. The van der Waals surface area contributed by atoms with Crippen LogP contribution in [0.15, 0.2) is 24.4 Å².